The van der Waals surface area contributed by atoms with Crippen molar-refractivity contribution in [1.82, 2.24) is 0 Å². The van der Waals surface area contributed by atoms with E-state index >= 15 is 0 Å². The van der Waals surface area contributed by atoms with Crippen molar-refractivity contribution in [2.24, 2.45) is 0 Å². The van der Waals surface area contributed by atoms with Crippen molar-refractivity contribution in [1.29, 1.82) is 0 Å². The Labute approximate surface area is 111 Å². The summed E-state index contributed by atoms with van der Waals surface area (Å²) in [6, 6.07) is 13.2. The minimum Gasteiger partial charge on any atom is -0.496 e. The first-order valence-electron chi connectivity index (χ1n) is 5.86. The summed E-state index contributed by atoms with van der Waals surface area (Å²) in [5, 5.41) is 2.74. The number of carbonyl (C=O) groups excluding carboxylic acids is 1. The molecule has 0 unspecified atom stereocenters. The number of anilines is 1. The van der Waals surface area contributed by atoms with E-state index in [1.165, 1.54) is 25.3 Å². The van der Waals surface area contributed by atoms with Crippen LogP contribution in [0.15, 0.2) is 48.5 Å². The van der Waals surface area contributed by atoms with E-state index in [2.05, 4.69) is 5.32 Å². The first-order valence-corrected chi connectivity index (χ1v) is 5.86. The number of amides is 1. The molecule has 0 saturated carbocycles. The van der Waals surface area contributed by atoms with Gasteiger partial charge in [0.25, 0.3) is 0 Å². The normalized spacial score (nSPS) is 10.0. The predicted octanol–water partition coefficient (Wildman–Crippen LogP) is 3.02. The fourth-order valence-corrected chi connectivity index (χ4v) is 1.78. The van der Waals surface area contributed by atoms with Crippen molar-refractivity contribution in [2.75, 3.05) is 12.4 Å². The second-order valence-corrected chi connectivity index (χ2v) is 4.05. The standard InChI is InChI=1S/C15H14FNO2/c1-19-14-8-7-12(16)9-11(14)10-15(18)17-13-5-3-2-4-6-13/h2-9H,10H2,1H3,(H,17,18). The Kier molecular flexibility index (Phi) is 4.13. The molecule has 0 aliphatic rings. The van der Waals surface area contributed by atoms with Gasteiger partial charge < -0.3 is 10.1 Å². The molecule has 0 fully saturated rings. The van der Waals surface area contributed by atoms with E-state index in [1.54, 1.807) is 12.1 Å². The molecule has 2 rings (SSSR count). The Bertz CT molecular complexity index is 570. The number of halogens is 1. The molecule has 1 amide bonds. The lowest BCUT2D eigenvalue weighted by molar-refractivity contribution is -0.115. The third-order valence-electron chi connectivity index (χ3n) is 2.65. The molecule has 98 valence electrons. The maximum Gasteiger partial charge on any atom is 0.228 e. The summed E-state index contributed by atoms with van der Waals surface area (Å²) in [5.41, 5.74) is 1.24. The highest BCUT2D eigenvalue weighted by atomic mass is 19.1. The van der Waals surface area contributed by atoms with E-state index in [-0.39, 0.29) is 18.1 Å². The van der Waals surface area contributed by atoms with Crippen molar-refractivity contribution in [3.63, 3.8) is 0 Å². The Hall–Kier alpha value is -2.36. The second kappa shape index (κ2) is 6.00. The molecule has 0 atom stereocenters. The summed E-state index contributed by atoms with van der Waals surface area (Å²) in [5.74, 6) is -0.0944. The van der Waals surface area contributed by atoms with Gasteiger partial charge in [0.1, 0.15) is 11.6 Å². The summed E-state index contributed by atoms with van der Waals surface area (Å²) in [6.07, 6.45) is 0.0653. The molecule has 2 aromatic carbocycles. The average molecular weight is 259 g/mol. The van der Waals surface area contributed by atoms with Crippen LogP contribution in [0.2, 0.25) is 0 Å². The molecule has 0 saturated heterocycles. The zero-order valence-corrected chi connectivity index (χ0v) is 10.5. The van der Waals surface area contributed by atoms with Gasteiger partial charge in [0.05, 0.1) is 13.5 Å². The van der Waals surface area contributed by atoms with Gasteiger partial charge >= 0.3 is 0 Å². The Morgan fingerprint density at radius 2 is 1.95 bits per heavy atom. The molecule has 0 aromatic heterocycles. The van der Waals surface area contributed by atoms with Gasteiger partial charge in [-0.2, -0.15) is 0 Å². The summed E-state index contributed by atoms with van der Waals surface area (Å²) in [7, 11) is 1.49. The highest BCUT2D eigenvalue weighted by Gasteiger charge is 2.10. The molecule has 0 aliphatic heterocycles. The summed E-state index contributed by atoms with van der Waals surface area (Å²) >= 11 is 0. The number of carbonyl (C=O) groups is 1. The van der Waals surface area contributed by atoms with E-state index in [9.17, 15) is 9.18 Å². The van der Waals surface area contributed by atoms with E-state index in [0.29, 0.717) is 17.0 Å². The van der Waals surface area contributed by atoms with E-state index < -0.39 is 0 Å². The van der Waals surface area contributed by atoms with E-state index in [1.807, 2.05) is 18.2 Å². The monoisotopic (exact) mass is 259 g/mol. The summed E-state index contributed by atoms with van der Waals surface area (Å²) < 4.78 is 18.3. The smallest absolute Gasteiger partial charge is 0.228 e. The van der Waals surface area contributed by atoms with Crippen LogP contribution in [0.25, 0.3) is 0 Å². The quantitative estimate of drug-likeness (QED) is 0.916. The van der Waals surface area contributed by atoms with Crippen molar-refractivity contribution in [3.05, 3.63) is 59.9 Å². The van der Waals surface area contributed by atoms with Crippen LogP contribution in [0.3, 0.4) is 0 Å². The first-order chi connectivity index (χ1) is 9.19. The first kappa shape index (κ1) is 13.1. The molecule has 0 heterocycles. The molecule has 3 nitrogen and oxygen atoms in total. The van der Waals surface area contributed by atoms with Crippen LogP contribution >= 0.6 is 0 Å². The third-order valence-corrected chi connectivity index (χ3v) is 2.65. The molecular formula is C15H14FNO2. The fourth-order valence-electron chi connectivity index (χ4n) is 1.78. The zero-order chi connectivity index (χ0) is 13.7. The van der Waals surface area contributed by atoms with Crippen molar-refractivity contribution < 1.29 is 13.9 Å². The second-order valence-electron chi connectivity index (χ2n) is 4.05. The maximum atomic E-state index is 13.2. The lowest BCUT2D eigenvalue weighted by Gasteiger charge is -2.09. The van der Waals surface area contributed by atoms with E-state index in [0.717, 1.165) is 0 Å². The molecule has 4 heteroatoms. The molecule has 2 aromatic rings. The molecule has 0 aliphatic carbocycles. The number of benzene rings is 2. The number of hydrogen-bond acceptors (Lipinski definition) is 2. The van der Waals surface area contributed by atoms with Crippen LogP contribution in [0.4, 0.5) is 10.1 Å². The third kappa shape index (κ3) is 3.55. The molecule has 0 bridgehead atoms. The van der Waals surface area contributed by atoms with Crippen LogP contribution < -0.4 is 10.1 Å². The van der Waals surface area contributed by atoms with Gasteiger partial charge in [0, 0.05) is 11.3 Å². The zero-order valence-electron chi connectivity index (χ0n) is 10.5. The van der Waals surface area contributed by atoms with Gasteiger partial charge in [-0.3, -0.25) is 4.79 Å². The Balaban J connectivity index is 2.09. The average Bonchev–Trinajstić information content (AvgIpc) is 2.40. The van der Waals surface area contributed by atoms with Gasteiger partial charge in [-0.1, -0.05) is 18.2 Å². The van der Waals surface area contributed by atoms with Gasteiger partial charge in [0.2, 0.25) is 5.91 Å². The number of para-hydroxylation sites is 1. The minimum absolute atomic E-state index is 0.0653. The van der Waals surface area contributed by atoms with Crippen LogP contribution in [-0.4, -0.2) is 13.0 Å². The van der Waals surface area contributed by atoms with Crippen LogP contribution in [0.1, 0.15) is 5.56 Å². The van der Waals surface area contributed by atoms with Gasteiger partial charge in [-0.05, 0) is 30.3 Å². The lowest BCUT2D eigenvalue weighted by atomic mass is 10.1. The molecule has 0 spiro atoms. The Morgan fingerprint density at radius 3 is 2.63 bits per heavy atom. The fraction of sp³-hybridized carbons (Fsp3) is 0.133. The number of hydrogen-bond donors (Lipinski definition) is 1. The van der Waals surface area contributed by atoms with Gasteiger partial charge in [0.15, 0.2) is 0 Å². The molecule has 0 radical (unpaired) electrons. The molecule has 19 heavy (non-hydrogen) atoms. The SMILES string of the molecule is COc1ccc(F)cc1CC(=O)Nc1ccccc1. The summed E-state index contributed by atoms with van der Waals surface area (Å²) in [4.78, 5) is 11.9. The van der Waals surface area contributed by atoms with Gasteiger partial charge in [-0.25, -0.2) is 4.39 Å². The molecular weight excluding hydrogens is 245 g/mol. The van der Waals surface area contributed by atoms with Crippen LogP contribution in [-0.2, 0) is 11.2 Å². The highest BCUT2D eigenvalue weighted by Crippen LogP contribution is 2.20. The lowest BCUT2D eigenvalue weighted by Crippen LogP contribution is -2.15. The number of methoxy groups -OCH3 is 1. The molecule has 1 N–H and O–H groups in total. The summed E-state index contributed by atoms with van der Waals surface area (Å²) in [6.45, 7) is 0. The predicted molar refractivity (Wildman–Crippen MR) is 71.7 cm³/mol. The van der Waals surface area contributed by atoms with Crippen molar-refractivity contribution >= 4 is 11.6 Å². The van der Waals surface area contributed by atoms with Crippen LogP contribution in [0, 0.1) is 5.82 Å². The van der Waals surface area contributed by atoms with Crippen molar-refractivity contribution in [2.45, 2.75) is 6.42 Å². The highest BCUT2D eigenvalue weighted by molar-refractivity contribution is 5.92. The Morgan fingerprint density at radius 1 is 1.21 bits per heavy atom. The number of rotatable bonds is 4. The van der Waals surface area contributed by atoms with Gasteiger partial charge in [-0.15, -0.1) is 0 Å². The van der Waals surface area contributed by atoms with Crippen molar-refractivity contribution in [3.8, 4) is 5.75 Å². The topological polar surface area (TPSA) is 38.3 Å². The maximum absolute atomic E-state index is 13.2. The number of ether oxygens (including phenoxy) is 1. The van der Waals surface area contributed by atoms with E-state index in [4.69, 9.17) is 4.74 Å². The van der Waals surface area contributed by atoms with Crippen LogP contribution in [0.5, 0.6) is 5.75 Å². The minimum atomic E-state index is -0.386. The largest absolute Gasteiger partial charge is 0.496 e. The number of nitrogens with one attached hydrogen (secondary N) is 1.